The molecule has 0 aromatic carbocycles. The van der Waals surface area contributed by atoms with Gasteiger partial charge in [-0.1, -0.05) is 21.6 Å². The van der Waals surface area contributed by atoms with Gasteiger partial charge < -0.3 is 5.11 Å². The Balaban J connectivity index is 0. The second kappa shape index (κ2) is 7.63. The zero-order valence-corrected chi connectivity index (χ0v) is 12.3. The van der Waals surface area contributed by atoms with Crippen LogP contribution >= 0.6 is 15.9 Å². The molecule has 0 spiro atoms. The van der Waals surface area contributed by atoms with Gasteiger partial charge in [-0.25, -0.2) is 0 Å². The van der Waals surface area contributed by atoms with E-state index in [2.05, 4.69) is 20.9 Å². The van der Waals surface area contributed by atoms with Gasteiger partial charge in [-0.15, -0.1) is 12.5 Å². The molecule has 0 fully saturated rings. The van der Waals surface area contributed by atoms with Crippen molar-refractivity contribution in [3.05, 3.63) is 34.9 Å². The molecule has 69 valence electrons. The Morgan fingerprint density at radius 3 is 2.54 bits per heavy atom. The van der Waals surface area contributed by atoms with Crippen LogP contribution in [0.3, 0.4) is 0 Å². The molecule has 0 aliphatic carbocycles. The number of aromatic nitrogens is 1. The average molecular weight is 450 g/mol. The molecule has 1 aromatic heterocycles. The number of pyridine rings is 1. The van der Waals surface area contributed by atoms with E-state index in [4.69, 9.17) is 5.11 Å². The van der Waals surface area contributed by atoms with Crippen molar-refractivity contribution in [2.24, 2.45) is 0 Å². The second-order valence-corrected chi connectivity index (χ2v) is 2.80. The van der Waals surface area contributed by atoms with E-state index in [1.807, 2.05) is 0 Å². The fourth-order valence-corrected chi connectivity index (χ4v) is 0.834. The van der Waals surface area contributed by atoms with Crippen molar-refractivity contribution in [3.63, 3.8) is 0 Å². The van der Waals surface area contributed by atoms with Crippen molar-refractivity contribution in [2.45, 2.75) is 0 Å². The van der Waals surface area contributed by atoms with Gasteiger partial charge in [-0.3, -0.25) is 9.78 Å². The molecule has 3 nitrogen and oxygen atoms in total. The van der Waals surface area contributed by atoms with Crippen molar-refractivity contribution in [1.82, 2.24) is 4.98 Å². The van der Waals surface area contributed by atoms with E-state index in [9.17, 15) is 4.79 Å². The first-order chi connectivity index (χ1) is 5.18. The van der Waals surface area contributed by atoms with Crippen molar-refractivity contribution < 1.29 is 49.5 Å². The molecule has 0 unspecified atom stereocenters. The molecule has 13 heavy (non-hydrogen) atoms. The molecule has 1 heterocycles. The maximum atomic E-state index is 10.1. The first kappa shape index (κ1) is 15.7. The first-order valence-corrected chi connectivity index (χ1v) is 3.67. The summed E-state index contributed by atoms with van der Waals surface area (Å²) >= 11 is 3.19. The third kappa shape index (κ3) is 6.33. The summed E-state index contributed by atoms with van der Waals surface area (Å²) in [5.41, 5.74) is 0.445. The van der Waals surface area contributed by atoms with Crippen LogP contribution in [-0.2, 0) is 44.4 Å². The number of carboxylic acid groups (broad SMARTS) is 1. The summed E-state index contributed by atoms with van der Waals surface area (Å²) < 4.78 is 0.833. The van der Waals surface area contributed by atoms with Gasteiger partial charge in [0.2, 0.25) is 5.97 Å². The van der Waals surface area contributed by atoms with E-state index in [-0.39, 0.29) is 39.6 Å². The van der Waals surface area contributed by atoms with E-state index < -0.39 is 5.97 Å². The summed E-state index contributed by atoms with van der Waals surface area (Å²) in [6, 6.07) is 3.36. The maximum Gasteiger partial charge on any atom is 0.247 e. The van der Waals surface area contributed by atoms with Crippen LogP contribution in [-0.4, -0.2) is 16.1 Å². The number of rotatable bonds is 2. The number of hydrogen-bond donors (Lipinski definition) is 1. The van der Waals surface area contributed by atoms with Gasteiger partial charge in [0.15, 0.2) is 0 Å². The maximum absolute atomic E-state index is 10.1. The minimum absolute atomic E-state index is 0. The fraction of sp³-hybridized carbons (Fsp3) is 0. The van der Waals surface area contributed by atoms with Crippen molar-refractivity contribution >= 4 is 21.9 Å². The number of aliphatic carboxylic acids is 1. The molecule has 0 aliphatic rings. The van der Waals surface area contributed by atoms with Gasteiger partial charge in [-0.2, -0.15) is 6.07 Å². The quantitative estimate of drug-likeness (QED) is 0.696. The van der Waals surface area contributed by atoms with Crippen LogP contribution in [0, 0.1) is 6.42 Å². The molecule has 1 N–H and O–H groups in total. The molecule has 0 saturated heterocycles. The molecule has 0 bridgehead atoms. The SMILES string of the molecule is O=C(O)[CH-]c1ccc(Br)cn1.[V].[W]. The Kier molecular flexibility index (Phi) is 9.21. The number of hydrogen-bond acceptors (Lipinski definition) is 2. The van der Waals surface area contributed by atoms with Gasteiger partial charge in [0.1, 0.15) is 0 Å². The molecule has 1 rings (SSSR count). The van der Waals surface area contributed by atoms with Crippen LogP contribution in [0.2, 0.25) is 0 Å². The minimum Gasteiger partial charge on any atom is -0.491 e. The van der Waals surface area contributed by atoms with Crippen LogP contribution in [0.5, 0.6) is 0 Å². The summed E-state index contributed by atoms with van der Waals surface area (Å²) in [6.07, 6.45) is 2.60. The summed E-state index contributed by atoms with van der Waals surface area (Å²) in [4.78, 5) is 14.0. The molecule has 0 aliphatic heterocycles. The predicted octanol–water partition coefficient (Wildman–Crippen LogP) is 1.48. The Bertz CT molecular complexity index is 268. The van der Waals surface area contributed by atoms with Gasteiger partial charge in [-0.05, 0) is 0 Å². The van der Waals surface area contributed by atoms with Crippen LogP contribution in [0.4, 0.5) is 0 Å². The zero-order chi connectivity index (χ0) is 8.27. The topological polar surface area (TPSA) is 50.2 Å². The average Bonchev–Trinajstić information content (AvgIpc) is 1.93. The molecule has 0 saturated carbocycles. The Morgan fingerprint density at radius 1 is 1.54 bits per heavy atom. The summed E-state index contributed by atoms with van der Waals surface area (Å²) in [7, 11) is 0. The smallest absolute Gasteiger partial charge is 0.247 e. The van der Waals surface area contributed by atoms with Gasteiger partial charge in [0.25, 0.3) is 0 Å². The van der Waals surface area contributed by atoms with Crippen LogP contribution < -0.4 is 0 Å². The third-order valence-corrected chi connectivity index (χ3v) is 1.49. The van der Waals surface area contributed by atoms with E-state index in [1.165, 1.54) is 0 Å². The summed E-state index contributed by atoms with van der Waals surface area (Å²) in [5, 5.41) is 8.33. The molecule has 1 radical (unpaired) electrons. The Labute approximate surface area is 111 Å². The van der Waals surface area contributed by atoms with Gasteiger partial charge in [0.05, 0.1) is 0 Å². The number of halogens is 1. The first-order valence-electron chi connectivity index (χ1n) is 2.88. The summed E-state index contributed by atoms with van der Waals surface area (Å²) in [5.74, 6) is -0.986. The monoisotopic (exact) mass is 449 g/mol. The van der Waals surface area contributed by atoms with Crippen LogP contribution in [0.15, 0.2) is 22.8 Å². The van der Waals surface area contributed by atoms with E-state index in [0.717, 1.165) is 10.9 Å². The number of carboxylic acids is 1. The third-order valence-electron chi connectivity index (χ3n) is 1.02. The van der Waals surface area contributed by atoms with Crippen LogP contribution in [0.25, 0.3) is 0 Å². The molecule has 1 aromatic rings. The molecular weight excluding hydrogens is 445 g/mol. The minimum atomic E-state index is -0.986. The van der Waals surface area contributed by atoms with E-state index in [0.29, 0.717) is 5.69 Å². The van der Waals surface area contributed by atoms with Crippen molar-refractivity contribution in [3.8, 4) is 0 Å². The Hall–Kier alpha value is 0.243. The molecule has 0 atom stereocenters. The van der Waals surface area contributed by atoms with Gasteiger partial charge >= 0.3 is 0 Å². The second-order valence-electron chi connectivity index (χ2n) is 1.88. The summed E-state index contributed by atoms with van der Waals surface area (Å²) in [6.45, 7) is 0. The van der Waals surface area contributed by atoms with E-state index in [1.54, 1.807) is 18.3 Å². The normalized spacial score (nSPS) is 7.77. The van der Waals surface area contributed by atoms with E-state index >= 15 is 0 Å². The predicted molar refractivity (Wildman–Crippen MR) is 43.0 cm³/mol. The van der Waals surface area contributed by atoms with Gasteiger partial charge in [0, 0.05) is 50.3 Å². The standard InChI is InChI=1S/C7H5BrNO2.V.W/c8-5-1-2-6(9-4-5)3-7(10)11;;/h1-4H,(H,10,11);;/q-1;;. The zero-order valence-electron chi connectivity index (χ0n) is 6.35. The van der Waals surface area contributed by atoms with Crippen LogP contribution in [0.1, 0.15) is 5.69 Å². The number of nitrogens with zero attached hydrogens (tertiary/aromatic N) is 1. The largest absolute Gasteiger partial charge is 0.491 e. The molecule has 0 amide bonds. The fourth-order valence-electron chi connectivity index (χ4n) is 0.599. The number of carbonyl (C=O) groups is 1. The van der Waals surface area contributed by atoms with Crippen molar-refractivity contribution in [1.29, 1.82) is 0 Å². The molecular formula is C7H5BrNO2VW-. The van der Waals surface area contributed by atoms with Crippen molar-refractivity contribution in [2.75, 3.05) is 0 Å². The Morgan fingerprint density at radius 2 is 2.15 bits per heavy atom. The molecule has 6 heteroatoms.